The van der Waals surface area contributed by atoms with Gasteiger partial charge in [0.25, 0.3) is 10.0 Å². The molecule has 0 radical (unpaired) electrons. The van der Waals surface area contributed by atoms with Crippen molar-refractivity contribution in [1.82, 2.24) is 0 Å². The van der Waals surface area contributed by atoms with Crippen molar-refractivity contribution in [2.45, 2.75) is 18.2 Å². The van der Waals surface area contributed by atoms with Crippen molar-refractivity contribution in [1.29, 1.82) is 0 Å². The number of fused-ring (bicyclic) bond motifs is 1. The molecule has 1 heterocycles. The quantitative estimate of drug-likeness (QED) is 0.925. The average molecular weight is 351 g/mol. The lowest BCUT2D eigenvalue weighted by atomic mass is 10.2. The summed E-state index contributed by atoms with van der Waals surface area (Å²) in [6, 6.07) is 9.73. The number of hydrogen-bond donors (Lipinski definition) is 1. The first kappa shape index (κ1) is 15.8. The van der Waals surface area contributed by atoms with Gasteiger partial charge in [-0.15, -0.1) is 0 Å². The summed E-state index contributed by atoms with van der Waals surface area (Å²) in [6.07, 6.45) is 0.214. The molecule has 3 rings (SSSR count). The summed E-state index contributed by atoms with van der Waals surface area (Å²) in [7, 11) is -2.07. The van der Waals surface area contributed by atoms with Gasteiger partial charge in [-0.05, 0) is 48.4 Å². The lowest BCUT2D eigenvalue weighted by Crippen LogP contribution is -2.20. The molecular weight excluding hydrogens is 336 g/mol. The van der Waals surface area contributed by atoms with E-state index in [9.17, 15) is 13.2 Å². The molecule has 2 aromatic carbocycles. The van der Waals surface area contributed by atoms with Crippen LogP contribution >= 0.6 is 11.6 Å². The number of sulfonamides is 1. The number of hydrogen-bond acceptors (Lipinski definition) is 3. The number of benzene rings is 2. The number of likely N-dealkylation sites (N-methyl/N-ethyl adjacent to an activating group) is 1. The van der Waals surface area contributed by atoms with Crippen molar-refractivity contribution < 1.29 is 13.2 Å². The topological polar surface area (TPSA) is 66.5 Å². The van der Waals surface area contributed by atoms with E-state index in [2.05, 4.69) is 4.72 Å². The van der Waals surface area contributed by atoms with E-state index in [1.54, 1.807) is 44.3 Å². The van der Waals surface area contributed by atoms with Crippen molar-refractivity contribution in [3.05, 3.63) is 52.5 Å². The third-order valence-corrected chi connectivity index (χ3v) is 5.72. The van der Waals surface area contributed by atoms with Gasteiger partial charge in [-0.3, -0.25) is 9.52 Å². The highest BCUT2D eigenvalue weighted by Crippen LogP contribution is 2.31. The van der Waals surface area contributed by atoms with Gasteiger partial charge in [-0.25, -0.2) is 8.42 Å². The number of anilines is 2. The predicted molar refractivity (Wildman–Crippen MR) is 90.6 cm³/mol. The summed E-state index contributed by atoms with van der Waals surface area (Å²) in [4.78, 5) is 13.4. The Morgan fingerprint density at radius 2 is 1.96 bits per heavy atom. The van der Waals surface area contributed by atoms with Crippen LogP contribution in [-0.2, 0) is 21.2 Å². The zero-order chi connectivity index (χ0) is 16.8. The highest BCUT2D eigenvalue weighted by atomic mass is 35.5. The number of halogens is 1. The lowest BCUT2D eigenvalue weighted by Gasteiger charge is -2.13. The van der Waals surface area contributed by atoms with Crippen molar-refractivity contribution in [2.75, 3.05) is 16.7 Å². The van der Waals surface area contributed by atoms with E-state index in [4.69, 9.17) is 11.6 Å². The van der Waals surface area contributed by atoms with Gasteiger partial charge in [0.05, 0.1) is 17.0 Å². The molecule has 1 amide bonds. The third-order valence-electron chi connectivity index (χ3n) is 3.95. The molecule has 1 N–H and O–H groups in total. The molecule has 0 unspecified atom stereocenters. The molecule has 1 aliphatic rings. The summed E-state index contributed by atoms with van der Waals surface area (Å²) < 4.78 is 27.7. The normalized spacial score (nSPS) is 14.0. The number of amides is 1. The van der Waals surface area contributed by atoms with Crippen LogP contribution in [-0.4, -0.2) is 21.4 Å². The number of nitrogens with one attached hydrogen (secondary N) is 1. The molecule has 2 aromatic rings. The Hall–Kier alpha value is -2.05. The van der Waals surface area contributed by atoms with Gasteiger partial charge in [-0.1, -0.05) is 17.7 Å². The Morgan fingerprint density at radius 3 is 2.70 bits per heavy atom. The standard InChI is InChI=1S/C16H15ClN2O3S/c1-10-13(17)4-3-5-14(10)18-23(21,22)12-6-7-15-11(8-12)9-16(20)19(15)2/h3-8,18H,9H2,1-2H3. The van der Waals surface area contributed by atoms with Crippen LogP contribution in [0.25, 0.3) is 0 Å². The molecule has 1 aliphatic heterocycles. The molecule has 7 heteroatoms. The fourth-order valence-corrected chi connectivity index (χ4v) is 3.88. The minimum absolute atomic E-state index is 0.0480. The van der Waals surface area contributed by atoms with Crippen LogP contribution in [0.5, 0.6) is 0 Å². The van der Waals surface area contributed by atoms with Crippen LogP contribution in [0, 0.1) is 6.92 Å². The van der Waals surface area contributed by atoms with E-state index in [0.29, 0.717) is 21.8 Å². The Balaban J connectivity index is 1.97. The van der Waals surface area contributed by atoms with E-state index in [1.807, 2.05) is 0 Å². The maximum atomic E-state index is 12.6. The van der Waals surface area contributed by atoms with Crippen molar-refractivity contribution in [3.63, 3.8) is 0 Å². The fourth-order valence-electron chi connectivity index (χ4n) is 2.54. The van der Waals surface area contributed by atoms with Crippen LogP contribution in [0.15, 0.2) is 41.3 Å². The second-order valence-electron chi connectivity index (χ2n) is 5.44. The Labute approximate surface area is 139 Å². The molecule has 5 nitrogen and oxygen atoms in total. The predicted octanol–water partition coefficient (Wildman–Crippen LogP) is 2.97. The van der Waals surface area contributed by atoms with Gasteiger partial charge in [0.2, 0.25) is 5.91 Å². The second kappa shape index (κ2) is 5.54. The second-order valence-corrected chi connectivity index (χ2v) is 7.53. The minimum Gasteiger partial charge on any atom is -0.315 e. The molecule has 0 fully saturated rings. The molecule has 0 saturated carbocycles. The fraction of sp³-hybridized carbons (Fsp3) is 0.188. The SMILES string of the molecule is Cc1c(Cl)cccc1NS(=O)(=O)c1ccc2c(c1)CC(=O)N2C. The van der Waals surface area contributed by atoms with Gasteiger partial charge in [0.15, 0.2) is 0 Å². The minimum atomic E-state index is -3.75. The highest BCUT2D eigenvalue weighted by Gasteiger charge is 2.26. The smallest absolute Gasteiger partial charge is 0.261 e. The van der Waals surface area contributed by atoms with E-state index in [1.165, 1.54) is 11.0 Å². The molecular formula is C16H15ClN2O3S. The molecule has 0 aliphatic carbocycles. The van der Waals surface area contributed by atoms with E-state index >= 15 is 0 Å². The summed E-state index contributed by atoms with van der Waals surface area (Å²) in [6.45, 7) is 1.75. The molecule has 0 bridgehead atoms. The zero-order valence-corrected chi connectivity index (χ0v) is 14.2. The number of rotatable bonds is 3. The third kappa shape index (κ3) is 2.80. The van der Waals surface area contributed by atoms with E-state index in [0.717, 1.165) is 5.69 Å². The Bertz CT molecular complexity index is 910. The first-order valence-corrected chi connectivity index (χ1v) is 8.83. The van der Waals surface area contributed by atoms with Crippen molar-refractivity contribution in [3.8, 4) is 0 Å². The molecule has 0 aromatic heterocycles. The highest BCUT2D eigenvalue weighted by molar-refractivity contribution is 7.92. The zero-order valence-electron chi connectivity index (χ0n) is 12.6. The Morgan fingerprint density at radius 1 is 1.22 bits per heavy atom. The van der Waals surface area contributed by atoms with Crippen molar-refractivity contribution >= 4 is 38.9 Å². The van der Waals surface area contributed by atoms with E-state index in [-0.39, 0.29) is 17.2 Å². The summed E-state index contributed by atoms with van der Waals surface area (Å²) >= 11 is 6.02. The Kier molecular flexibility index (Phi) is 3.82. The molecule has 0 spiro atoms. The molecule has 23 heavy (non-hydrogen) atoms. The van der Waals surface area contributed by atoms with Crippen LogP contribution in [0.3, 0.4) is 0 Å². The maximum Gasteiger partial charge on any atom is 0.261 e. The van der Waals surface area contributed by atoms with Crippen molar-refractivity contribution in [2.24, 2.45) is 0 Å². The largest absolute Gasteiger partial charge is 0.315 e. The maximum absolute atomic E-state index is 12.6. The van der Waals surface area contributed by atoms with Gasteiger partial charge in [0, 0.05) is 17.8 Å². The van der Waals surface area contributed by atoms with Gasteiger partial charge >= 0.3 is 0 Å². The van der Waals surface area contributed by atoms with E-state index < -0.39 is 10.0 Å². The van der Waals surface area contributed by atoms with Gasteiger partial charge in [-0.2, -0.15) is 0 Å². The number of nitrogens with zero attached hydrogens (tertiary/aromatic N) is 1. The van der Waals surface area contributed by atoms with Crippen LogP contribution < -0.4 is 9.62 Å². The average Bonchev–Trinajstić information content (AvgIpc) is 2.78. The first-order chi connectivity index (χ1) is 10.8. The van der Waals surface area contributed by atoms with Crippen LogP contribution in [0.2, 0.25) is 5.02 Å². The summed E-state index contributed by atoms with van der Waals surface area (Å²) in [5, 5.41) is 0.492. The molecule has 120 valence electrons. The van der Waals surface area contributed by atoms with Crippen LogP contribution in [0.1, 0.15) is 11.1 Å². The van der Waals surface area contributed by atoms with Crippen LogP contribution in [0.4, 0.5) is 11.4 Å². The summed E-state index contributed by atoms with van der Waals surface area (Å²) in [5.41, 5.74) is 2.55. The molecule has 0 saturated heterocycles. The monoisotopic (exact) mass is 350 g/mol. The van der Waals surface area contributed by atoms with Gasteiger partial charge in [0.1, 0.15) is 0 Å². The summed E-state index contributed by atoms with van der Waals surface area (Å²) in [5.74, 6) is -0.0480. The first-order valence-electron chi connectivity index (χ1n) is 6.97. The molecule has 0 atom stereocenters. The number of carbonyl (C=O) groups is 1. The number of carbonyl (C=O) groups excluding carboxylic acids is 1. The lowest BCUT2D eigenvalue weighted by molar-refractivity contribution is -0.117. The van der Waals surface area contributed by atoms with Gasteiger partial charge < -0.3 is 4.90 Å².